The third kappa shape index (κ3) is 0.344. The van der Waals surface area contributed by atoms with Gasteiger partial charge in [0.2, 0.25) is 0 Å². The maximum Gasteiger partial charge on any atom is 0.0859 e. The first-order valence-corrected chi connectivity index (χ1v) is 18.5. The summed E-state index contributed by atoms with van der Waals surface area (Å²) in [5, 5.41) is 27.7. The average Bonchev–Trinajstić information content (AvgIpc) is 3.14. The Kier molecular flexibility index (Phi) is 0.849. The minimum Gasteiger partial charge on any atom is -0.389 e. The third-order valence-corrected chi connectivity index (χ3v) is 30.0. The number of rotatable bonds is 0. The lowest BCUT2D eigenvalue weighted by Crippen LogP contribution is -3.58. The van der Waals surface area contributed by atoms with Crippen molar-refractivity contribution >= 4 is 0 Å². The molecule has 0 amide bonds. The maximum absolute atomic E-state index is 14.1. The summed E-state index contributed by atoms with van der Waals surface area (Å²) in [7, 11) is 0. The molecule has 0 radical (unpaired) electrons. The SMILES string of the molecule is CC1CC2C3C4C5CC6C7C8C9CC%10C%11C%12CC%13C%14C%15(O)C1C21C32C43C65C74C85C%109C%116C7(O)C%13%12C%148C%151C21C78C65C431. The Morgan fingerprint density at radius 3 is 1.69 bits per heavy atom. The van der Waals surface area contributed by atoms with E-state index in [9.17, 15) is 10.2 Å². The van der Waals surface area contributed by atoms with Gasteiger partial charge in [-0.1, -0.05) is 6.92 Å². The van der Waals surface area contributed by atoms with Crippen LogP contribution in [0, 0.1) is 170 Å². The van der Waals surface area contributed by atoms with E-state index in [2.05, 4.69) is 6.92 Å². The Bertz CT molecular complexity index is 2200. The van der Waals surface area contributed by atoms with Crippen LogP contribution in [-0.2, 0) is 0 Å². The van der Waals surface area contributed by atoms with Crippen LogP contribution in [0.4, 0.5) is 0 Å². The van der Waals surface area contributed by atoms with Crippen molar-refractivity contribution in [2.75, 3.05) is 0 Å². The monoisotopic (exact) mass is 504 g/mol. The van der Waals surface area contributed by atoms with Crippen molar-refractivity contribution in [3.8, 4) is 0 Å². The number of fused-ring (bicyclic) bond motifs is 11. The zero-order chi connectivity index (χ0) is 23.0. The number of hydrogen-bond donors (Lipinski definition) is 2. The van der Waals surface area contributed by atoms with Crippen LogP contribution in [0.2, 0.25) is 0 Å². The molecule has 0 aromatic carbocycles. The summed E-state index contributed by atoms with van der Waals surface area (Å²) in [5.74, 6) is 15.2. The molecule has 2 nitrogen and oxygen atoms in total. The van der Waals surface area contributed by atoms with Crippen molar-refractivity contribution in [3.05, 3.63) is 0 Å². The minimum absolute atomic E-state index is 0.180. The first-order chi connectivity index (χ1) is 19.0. The molecule has 0 bridgehead atoms. The molecule has 0 heterocycles. The largest absolute Gasteiger partial charge is 0.389 e. The normalized spacial score (nSPS) is 128. The van der Waals surface area contributed by atoms with Crippen molar-refractivity contribution in [1.82, 2.24) is 0 Å². The molecule has 0 aliphatic heterocycles. The van der Waals surface area contributed by atoms with Gasteiger partial charge in [-0.25, -0.2) is 0 Å². The van der Waals surface area contributed by atoms with E-state index in [-0.39, 0.29) is 11.2 Å². The second kappa shape index (κ2) is 2.27. The molecule has 24 aliphatic rings. The Morgan fingerprint density at radius 1 is 0.436 bits per heavy atom. The van der Waals surface area contributed by atoms with Gasteiger partial charge in [0.05, 0.1) is 11.2 Å². The van der Waals surface area contributed by atoms with E-state index in [0.29, 0.717) is 55.2 Å². The smallest absolute Gasteiger partial charge is 0.0859 e. The predicted octanol–water partition coefficient (Wildman–Crippen LogP) is 2.39. The highest BCUT2D eigenvalue weighted by Crippen LogP contribution is 3.61. The molecular formula is C37H28O2. The van der Waals surface area contributed by atoms with Crippen LogP contribution in [0.5, 0.6) is 0 Å². The first-order valence-electron chi connectivity index (χ1n) is 18.5. The molecule has 24 rings (SSSR count). The van der Waals surface area contributed by atoms with E-state index in [1.807, 2.05) is 0 Å². The van der Waals surface area contributed by atoms with Gasteiger partial charge in [-0.15, -0.1) is 0 Å². The Labute approximate surface area is 223 Å². The van der Waals surface area contributed by atoms with Crippen LogP contribution in [0.1, 0.15) is 32.6 Å². The molecule has 24 aliphatic carbocycles. The van der Waals surface area contributed by atoms with E-state index < -0.39 is 0 Å². The summed E-state index contributed by atoms with van der Waals surface area (Å²) in [6.45, 7) is 2.65. The quantitative estimate of drug-likeness (QED) is 0.532. The van der Waals surface area contributed by atoms with Crippen molar-refractivity contribution in [3.63, 3.8) is 0 Å². The van der Waals surface area contributed by atoms with Gasteiger partial charge < -0.3 is 10.2 Å². The highest BCUT2D eigenvalue weighted by atomic mass is 16.3. The summed E-state index contributed by atoms with van der Waals surface area (Å²) in [5.41, 5.74) is 9.33. The lowest BCUT2D eigenvalue weighted by atomic mass is 8.45. The Balaban J connectivity index is 1.04. The molecule has 0 saturated heterocycles. The van der Waals surface area contributed by atoms with Gasteiger partial charge in [-0.05, 0) is 158 Å². The van der Waals surface area contributed by atoms with Gasteiger partial charge in [-0.2, -0.15) is 0 Å². The van der Waals surface area contributed by atoms with E-state index in [0.717, 1.165) is 85.2 Å². The second-order valence-electron chi connectivity index (χ2n) is 23.4. The molecule has 0 aromatic rings. The minimum atomic E-state index is -0.242. The molecule has 2 heteroatoms. The van der Waals surface area contributed by atoms with Gasteiger partial charge >= 0.3 is 0 Å². The summed E-state index contributed by atoms with van der Waals surface area (Å²) in [6.07, 6.45) is 6.33. The summed E-state index contributed by atoms with van der Waals surface area (Å²) in [4.78, 5) is 0. The van der Waals surface area contributed by atoms with Gasteiger partial charge in [0.25, 0.3) is 0 Å². The van der Waals surface area contributed by atoms with Crippen LogP contribution in [0.25, 0.3) is 0 Å². The van der Waals surface area contributed by atoms with Gasteiger partial charge in [0.15, 0.2) is 0 Å². The van der Waals surface area contributed by atoms with E-state index in [4.69, 9.17) is 0 Å². The lowest BCUT2D eigenvalue weighted by Gasteiger charge is -3.57. The van der Waals surface area contributed by atoms with Gasteiger partial charge in [0, 0.05) is 37.9 Å². The molecule has 39 heavy (non-hydrogen) atoms. The van der Waals surface area contributed by atoms with Crippen molar-refractivity contribution in [2.45, 2.75) is 43.8 Å². The average molecular weight is 505 g/mol. The van der Waals surface area contributed by atoms with Crippen molar-refractivity contribution in [1.29, 1.82) is 0 Å². The predicted molar refractivity (Wildman–Crippen MR) is 123 cm³/mol. The fourth-order valence-electron chi connectivity index (χ4n) is 37.4. The maximum atomic E-state index is 14.1. The zero-order valence-electron chi connectivity index (χ0n) is 21.9. The van der Waals surface area contributed by atoms with Crippen molar-refractivity contribution in [2.24, 2.45) is 170 Å². The third-order valence-electron chi connectivity index (χ3n) is 30.0. The first kappa shape index (κ1) is 14.6. The highest BCUT2D eigenvalue weighted by molar-refractivity contribution is 6.06. The Morgan fingerprint density at radius 2 is 0.974 bits per heavy atom. The van der Waals surface area contributed by atoms with Crippen LogP contribution in [0.3, 0.4) is 0 Å². The van der Waals surface area contributed by atoms with E-state index >= 15 is 0 Å². The summed E-state index contributed by atoms with van der Waals surface area (Å²) >= 11 is 0. The van der Waals surface area contributed by atoms with Crippen LogP contribution in [0.15, 0.2) is 0 Å². The molecule has 188 valence electrons. The molecule has 2 N–H and O–H groups in total. The van der Waals surface area contributed by atoms with Crippen molar-refractivity contribution < 1.29 is 10.2 Å². The molecule has 24 saturated carbocycles. The standard InChI is InChI=1S/C37H28O2/c1-6-2-7-15-16-10-4-11-17-18-12-3-8-14-9-5-13-20-25(38)19(6)24(7)29(15)27(16)21(10,11)26(17)28(18)22(8,12)30(14)34(28)33(26,27)35(29)32(24,25)31(20)23(9,13)37(30,39)36(31,34)35/h6-20,38-39H,2-5H2,1H3. The molecular weight excluding hydrogens is 476 g/mol. The lowest BCUT2D eigenvalue weighted by molar-refractivity contribution is -1.13. The van der Waals surface area contributed by atoms with E-state index in [1.165, 1.54) is 42.4 Å². The van der Waals surface area contributed by atoms with Crippen LogP contribution >= 0.6 is 0 Å². The van der Waals surface area contributed by atoms with Crippen LogP contribution < -0.4 is 0 Å². The Hall–Kier alpha value is -0.0800. The fraction of sp³-hybridized carbons (Fsp3) is 1.00. The number of aliphatic hydroxyl groups is 2. The summed E-state index contributed by atoms with van der Waals surface area (Å²) in [6, 6.07) is 0. The second-order valence-corrected chi connectivity index (χ2v) is 23.4. The molecule has 32 atom stereocenters. The molecule has 32 unspecified atom stereocenters. The summed E-state index contributed by atoms with van der Waals surface area (Å²) < 4.78 is 0. The number of hydrogen-bond acceptors (Lipinski definition) is 2. The molecule has 15 spiro atoms. The zero-order valence-corrected chi connectivity index (χ0v) is 21.9. The topological polar surface area (TPSA) is 40.5 Å². The highest BCUT2D eigenvalue weighted by Gasteiger charge is 3.62. The van der Waals surface area contributed by atoms with Crippen LogP contribution in [-0.4, -0.2) is 21.4 Å². The van der Waals surface area contributed by atoms with Gasteiger partial charge in [0.1, 0.15) is 0 Å². The van der Waals surface area contributed by atoms with E-state index in [1.54, 1.807) is 12.8 Å². The van der Waals surface area contributed by atoms with Gasteiger partial charge in [-0.3, -0.25) is 0 Å². The molecule has 0 aromatic heterocycles. The fourth-order valence-corrected chi connectivity index (χ4v) is 37.4. The molecule has 24 fully saturated rings.